The van der Waals surface area contributed by atoms with Gasteiger partial charge in [0.25, 0.3) is 0 Å². The number of hydrogen-bond donors (Lipinski definition) is 1. The third kappa shape index (κ3) is 3.81. The molecular formula is C20H15ClO3S. The number of hydrogen-bond acceptors (Lipinski definition) is 4. The minimum Gasteiger partial charge on any atom is -0.507 e. The van der Waals surface area contributed by atoms with Crippen LogP contribution in [0.3, 0.4) is 0 Å². The molecule has 0 aromatic heterocycles. The number of fused-ring (bicyclic) bond motifs is 1. The minimum absolute atomic E-state index is 0.0751. The average molecular weight is 371 g/mol. The van der Waals surface area contributed by atoms with Crippen LogP contribution in [-0.2, 0) is 4.79 Å². The van der Waals surface area contributed by atoms with Gasteiger partial charge < -0.3 is 9.84 Å². The van der Waals surface area contributed by atoms with Crippen LogP contribution in [0.5, 0.6) is 11.5 Å². The Morgan fingerprint density at radius 1 is 1.12 bits per heavy atom. The molecule has 0 spiro atoms. The molecule has 0 aliphatic carbocycles. The molecule has 3 aromatic carbocycles. The van der Waals surface area contributed by atoms with E-state index in [0.717, 1.165) is 4.90 Å². The minimum atomic E-state index is -0.517. The highest BCUT2D eigenvalue weighted by atomic mass is 35.5. The van der Waals surface area contributed by atoms with Crippen LogP contribution in [0.15, 0.2) is 76.5 Å². The molecule has 3 aromatic rings. The number of phenols is 1. The van der Waals surface area contributed by atoms with Gasteiger partial charge >= 0.3 is 5.97 Å². The van der Waals surface area contributed by atoms with E-state index < -0.39 is 5.97 Å². The Bertz CT molecular complexity index is 968. The number of carbonyl (C=O) groups excluding carboxylic acids is 1. The van der Waals surface area contributed by atoms with Gasteiger partial charge in [0.15, 0.2) is 5.75 Å². The van der Waals surface area contributed by atoms with Crippen molar-refractivity contribution in [2.75, 3.05) is 0 Å². The summed E-state index contributed by atoms with van der Waals surface area (Å²) in [5.74, 6) is -0.0609. The summed E-state index contributed by atoms with van der Waals surface area (Å²) in [4.78, 5) is 13.7. The van der Waals surface area contributed by atoms with Crippen LogP contribution in [0, 0.1) is 0 Å². The van der Waals surface area contributed by atoms with Gasteiger partial charge in [-0.05, 0) is 43.3 Å². The lowest BCUT2D eigenvalue weighted by Gasteiger charge is -2.14. The topological polar surface area (TPSA) is 46.5 Å². The zero-order valence-electron chi connectivity index (χ0n) is 13.5. The zero-order chi connectivity index (χ0) is 18.0. The first-order chi connectivity index (χ1) is 12.0. The summed E-state index contributed by atoms with van der Waals surface area (Å²) in [6.45, 7) is 5.21. The first-order valence-electron chi connectivity index (χ1n) is 7.51. The lowest BCUT2D eigenvalue weighted by Crippen LogP contribution is -2.09. The summed E-state index contributed by atoms with van der Waals surface area (Å²) < 4.78 is 5.57. The Kier molecular flexibility index (Phi) is 5.02. The molecule has 0 unspecified atom stereocenters. The number of benzene rings is 3. The molecule has 1 N–H and O–H groups in total. The predicted octanol–water partition coefficient (Wildman–Crippen LogP) is 5.83. The lowest BCUT2D eigenvalue weighted by atomic mass is 10.1. The van der Waals surface area contributed by atoms with E-state index in [0.29, 0.717) is 32.0 Å². The molecule has 25 heavy (non-hydrogen) atoms. The van der Waals surface area contributed by atoms with E-state index in [-0.39, 0.29) is 5.75 Å². The normalized spacial score (nSPS) is 10.6. The Hall–Kier alpha value is -2.43. The van der Waals surface area contributed by atoms with Crippen LogP contribution in [0.2, 0.25) is 5.02 Å². The van der Waals surface area contributed by atoms with Crippen molar-refractivity contribution in [1.29, 1.82) is 0 Å². The quantitative estimate of drug-likeness (QED) is 0.356. The molecule has 126 valence electrons. The van der Waals surface area contributed by atoms with Crippen LogP contribution >= 0.6 is 23.4 Å². The molecule has 0 fully saturated rings. The number of carbonyl (C=O) groups is 1. The van der Waals surface area contributed by atoms with Crippen LogP contribution in [0.4, 0.5) is 0 Å². The molecule has 5 heteroatoms. The summed E-state index contributed by atoms with van der Waals surface area (Å²) in [5, 5.41) is 12.0. The van der Waals surface area contributed by atoms with Gasteiger partial charge in [0.1, 0.15) is 5.75 Å². The highest BCUT2D eigenvalue weighted by Crippen LogP contribution is 2.44. The number of esters is 1. The molecular weight excluding hydrogens is 356 g/mol. The van der Waals surface area contributed by atoms with Gasteiger partial charge in [-0.1, -0.05) is 48.1 Å². The standard InChI is InChI=1S/C20H15ClO3S/c1-12(2)20(23)24-19-15-9-8-13(21)10-16(15)17(22)11-18(19)25-14-6-4-3-5-7-14/h3-11,22H,1H2,2H3. The number of phenolic OH excluding ortho intramolecular Hbond substituents is 1. The fraction of sp³-hybridized carbons (Fsp3) is 0.0500. The van der Waals surface area contributed by atoms with Crippen molar-refractivity contribution in [2.24, 2.45) is 0 Å². The van der Waals surface area contributed by atoms with Gasteiger partial charge in [-0.2, -0.15) is 0 Å². The van der Waals surface area contributed by atoms with Gasteiger partial charge in [0, 0.05) is 26.3 Å². The van der Waals surface area contributed by atoms with Gasteiger partial charge in [0.05, 0.1) is 4.90 Å². The highest BCUT2D eigenvalue weighted by Gasteiger charge is 2.18. The summed E-state index contributed by atoms with van der Waals surface area (Å²) in [7, 11) is 0. The van der Waals surface area contributed by atoms with Gasteiger partial charge in [-0.3, -0.25) is 0 Å². The van der Waals surface area contributed by atoms with Crippen molar-refractivity contribution in [3.63, 3.8) is 0 Å². The first kappa shape index (κ1) is 17.4. The second-order valence-electron chi connectivity index (χ2n) is 5.50. The highest BCUT2D eigenvalue weighted by molar-refractivity contribution is 7.99. The van der Waals surface area contributed by atoms with Crippen LogP contribution < -0.4 is 4.74 Å². The molecule has 0 amide bonds. The fourth-order valence-corrected chi connectivity index (χ4v) is 3.44. The van der Waals surface area contributed by atoms with E-state index in [1.165, 1.54) is 11.8 Å². The Balaban J connectivity index is 2.18. The van der Waals surface area contributed by atoms with Gasteiger partial charge in [0.2, 0.25) is 0 Å². The van der Waals surface area contributed by atoms with Crippen molar-refractivity contribution < 1.29 is 14.6 Å². The Morgan fingerprint density at radius 3 is 2.52 bits per heavy atom. The maximum atomic E-state index is 12.1. The lowest BCUT2D eigenvalue weighted by molar-refractivity contribution is -0.130. The average Bonchev–Trinajstić information content (AvgIpc) is 2.59. The van der Waals surface area contributed by atoms with E-state index in [1.54, 1.807) is 31.2 Å². The van der Waals surface area contributed by atoms with Crippen molar-refractivity contribution in [2.45, 2.75) is 16.7 Å². The third-order valence-electron chi connectivity index (χ3n) is 3.51. The Morgan fingerprint density at radius 2 is 1.84 bits per heavy atom. The first-order valence-corrected chi connectivity index (χ1v) is 8.71. The monoisotopic (exact) mass is 370 g/mol. The van der Waals surface area contributed by atoms with Gasteiger partial charge in [-0.25, -0.2) is 4.79 Å². The maximum Gasteiger partial charge on any atom is 0.338 e. The molecule has 0 saturated carbocycles. The van der Waals surface area contributed by atoms with Crippen LogP contribution in [0.1, 0.15) is 6.92 Å². The fourth-order valence-electron chi connectivity index (χ4n) is 2.30. The largest absolute Gasteiger partial charge is 0.507 e. The van der Waals surface area contributed by atoms with E-state index in [1.807, 2.05) is 30.3 Å². The van der Waals surface area contributed by atoms with E-state index in [4.69, 9.17) is 16.3 Å². The van der Waals surface area contributed by atoms with Crippen molar-refractivity contribution in [3.05, 3.63) is 71.8 Å². The molecule has 0 radical (unpaired) electrons. The van der Waals surface area contributed by atoms with Crippen molar-refractivity contribution in [3.8, 4) is 11.5 Å². The SMILES string of the molecule is C=C(C)C(=O)Oc1c(Sc2ccccc2)cc(O)c2cc(Cl)ccc12. The number of ether oxygens (including phenoxy) is 1. The molecule has 3 rings (SSSR count). The smallest absolute Gasteiger partial charge is 0.338 e. The molecule has 0 aliphatic rings. The van der Waals surface area contributed by atoms with E-state index >= 15 is 0 Å². The summed E-state index contributed by atoms with van der Waals surface area (Å²) in [6, 6.07) is 16.3. The van der Waals surface area contributed by atoms with E-state index in [2.05, 4.69) is 6.58 Å². The molecule has 0 bridgehead atoms. The third-order valence-corrected chi connectivity index (χ3v) is 4.77. The van der Waals surface area contributed by atoms with Crippen LogP contribution in [-0.4, -0.2) is 11.1 Å². The zero-order valence-corrected chi connectivity index (χ0v) is 15.0. The van der Waals surface area contributed by atoms with Crippen molar-refractivity contribution >= 4 is 40.1 Å². The van der Waals surface area contributed by atoms with Crippen LogP contribution in [0.25, 0.3) is 10.8 Å². The summed E-state index contributed by atoms with van der Waals surface area (Å²) in [5.41, 5.74) is 0.297. The molecule has 3 nitrogen and oxygen atoms in total. The second kappa shape index (κ2) is 7.21. The number of rotatable bonds is 4. The molecule has 0 heterocycles. The number of aromatic hydroxyl groups is 1. The number of halogens is 1. The second-order valence-corrected chi connectivity index (χ2v) is 7.05. The molecule has 0 aliphatic heterocycles. The summed E-state index contributed by atoms with van der Waals surface area (Å²) >= 11 is 7.43. The Labute approximate surface area is 154 Å². The van der Waals surface area contributed by atoms with E-state index in [9.17, 15) is 9.90 Å². The van der Waals surface area contributed by atoms with Gasteiger partial charge in [-0.15, -0.1) is 0 Å². The maximum absolute atomic E-state index is 12.1. The molecule has 0 saturated heterocycles. The predicted molar refractivity (Wildman–Crippen MR) is 102 cm³/mol. The summed E-state index contributed by atoms with van der Waals surface area (Å²) in [6.07, 6.45) is 0. The molecule has 0 atom stereocenters. The van der Waals surface area contributed by atoms with Crippen molar-refractivity contribution in [1.82, 2.24) is 0 Å².